The molecule has 3 aromatic heterocycles. The molecule has 0 aliphatic carbocycles. The van der Waals surface area contributed by atoms with Gasteiger partial charge in [0.1, 0.15) is 5.82 Å². The Bertz CT molecular complexity index is 1130. The van der Waals surface area contributed by atoms with Crippen LogP contribution >= 0.6 is 11.3 Å². The number of aromatic nitrogens is 4. The van der Waals surface area contributed by atoms with E-state index in [-0.39, 0.29) is 12.5 Å². The molecular weight excluding hydrogens is 372 g/mol. The van der Waals surface area contributed by atoms with Crippen molar-refractivity contribution in [2.75, 3.05) is 17.2 Å². The maximum Gasteiger partial charge on any atom is 0.243 e. The molecule has 0 aliphatic heterocycles. The number of fused-ring (bicyclic) bond motifs is 1. The average Bonchev–Trinajstić information content (AvgIpc) is 3.31. The number of anilines is 2. The summed E-state index contributed by atoms with van der Waals surface area (Å²) in [5.74, 6) is 1.13. The predicted molar refractivity (Wildman–Crippen MR) is 112 cm³/mol. The van der Waals surface area contributed by atoms with E-state index in [1.54, 1.807) is 21.9 Å². The second-order valence-corrected chi connectivity index (χ2v) is 7.48. The van der Waals surface area contributed by atoms with Crippen LogP contribution < -0.4 is 10.6 Å². The molecule has 2 N–H and O–H groups in total. The van der Waals surface area contributed by atoms with Crippen LogP contribution in [-0.2, 0) is 4.79 Å². The van der Waals surface area contributed by atoms with Gasteiger partial charge in [-0.25, -0.2) is 0 Å². The van der Waals surface area contributed by atoms with Crippen LogP contribution in [0.3, 0.4) is 0 Å². The lowest BCUT2D eigenvalue weighted by Gasteiger charge is -2.13. The van der Waals surface area contributed by atoms with Gasteiger partial charge in [0.2, 0.25) is 5.91 Å². The zero-order chi connectivity index (χ0) is 19.7. The largest absolute Gasteiger partial charge is 0.360 e. The van der Waals surface area contributed by atoms with Crippen LogP contribution in [0.25, 0.3) is 17.0 Å². The lowest BCUT2D eigenvalue weighted by Crippen LogP contribution is -2.23. The van der Waals surface area contributed by atoms with Crippen LogP contribution in [0.5, 0.6) is 0 Å². The number of nitrogens with one attached hydrogen (secondary N) is 2. The van der Waals surface area contributed by atoms with Gasteiger partial charge in [0, 0.05) is 16.6 Å². The van der Waals surface area contributed by atoms with Gasteiger partial charge >= 0.3 is 0 Å². The fraction of sp³-hybridized carbons (Fsp3) is 0.200. The zero-order valence-electron chi connectivity index (χ0n) is 15.9. The molecule has 0 spiro atoms. The van der Waals surface area contributed by atoms with Crippen LogP contribution in [0.2, 0.25) is 0 Å². The average molecular weight is 392 g/mol. The number of hydrogen-bond acceptors (Lipinski definition) is 6. The number of carbonyl (C=O) groups is 1. The van der Waals surface area contributed by atoms with Crippen molar-refractivity contribution in [1.82, 2.24) is 19.8 Å². The number of hydrogen-bond donors (Lipinski definition) is 2. The molecule has 1 aromatic carbocycles. The molecule has 0 atom stereocenters. The van der Waals surface area contributed by atoms with Gasteiger partial charge < -0.3 is 10.6 Å². The second-order valence-electron chi connectivity index (χ2n) is 6.70. The highest BCUT2D eigenvalue weighted by Crippen LogP contribution is 2.22. The Hall–Kier alpha value is -3.26. The lowest BCUT2D eigenvalue weighted by molar-refractivity contribution is -0.114. The molecule has 4 aromatic rings. The molecule has 142 valence electrons. The molecule has 0 aliphatic rings. The van der Waals surface area contributed by atoms with Crippen molar-refractivity contribution in [3.8, 4) is 11.4 Å². The number of rotatable bonds is 5. The number of aryl methyl sites for hydroxylation is 3. The molecule has 8 heteroatoms. The summed E-state index contributed by atoms with van der Waals surface area (Å²) >= 11 is 1.59. The van der Waals surface area contributed by atoms with E-state index in [1.165, 1.54) is 5.56 Å². The van der Waals surface area contributed by atoms with Gasteiger partial charge in [0.05, 0.1) is 6.54 Å². The number of thiophene rings is 1. The Balaban J connectivity index is 1.48. The quantitative estimate of drug-likeness (QED) is 0.539. The Morgan fingerprint density at radius 3 is 2.61 bits per heavy atom. The third-order valence-corrected chi connectivity index (χ3v) is 5.10. The molecule has 0 bridgehead atoms. The van der Waals surface area contributed by atoms with Crippen LogP contribution in [0.1, 0.15) is 16.7 Å². The van der Waals surface area contributed by atoms with Crippen LogP contribution in [0.4, 0.5) is 11.5 Å². The first-order valence-corrected chi connectivity index (χ1v) is 9.82. The standard InChI is InChI=1S/C20H20N6OS/c1-12-8-13(2)19(14(3)9-12)22-18(27)10-21-16-4-5-17-23-24-20(26(17)25-16)15-6-7-28-11-15/h4-9,11H,10H2,1-3H3,(H,21,25)(H,22,27). The van der Waals surface area contributed by atoms with Gasteiger partial charge in [-0.15, -0.1) is 15.3 Å². The van der Waals surface area contributed by atoms with E-state index in [1.807, 2.05) is 43.7 Å². The first kappa shape index (κ1) is 18.1. The number of carbonyl (C=O) groups excluding carboxylic acids is 1. The van der Waals surface area contributed by atoms with Crippen molar-refractivity contribution in [2.24, 2.45) is 0 Å². The summed E-state index contributed by atoms with van der Waals surface area (Å²) in [5, 5.41) is 22.9. The molecule has 0 radical (unpaired) electrons. The summed E-state index contributed by atoms with van der Waals surface area (Å²) in [6.07, 6.45) is 0. The normalized spacial score (nSPS) is 11.0. The van der Waals surface area contributed by atoms with Crippen molar-refractivity contribution in [2.45, 2.75) is 20.8 Å². The van der Waals surface area contributed by atoms with E-state index in [9.17, 15) is 4.79 Å². The molecule has 0 saturated heterocycles. The molecular formula is C20H20N6OS. The van der Waals surface area contributed by atoms with E-state index in [0.29, 0.717) is 17.3 Å². The monoisotopic (exact) mass is 392 g/mol. The Kier molecular flexibility index (Phi) is 4.79. The van der Waals surface area contributed by atoms with Crippen molar-refractivity contribution in [1.29, 1.82) is 0 Å². The van der Waals surface area contributed by atoms with Gasteiger partial charge in [-0.05, 0) is 55.5 Å². The van der Waals surface area contributed by atoms with E-state index in [0.717, 1.165) is 22.4 Å². The fourth-order valence-electron chi connectivity index (χ4n) is 3.19. The molecule has 3 heterocycles. The third kappa shape index (κ3) is 3.59. The maximum atomic E-state index is 12.4. The molecule has 7 nitrogen and oxygen atoms in total. The molecule has 0 saturated carbocycles. The van der Waals surface area contributed by atoms with E-state index >= 15 is 0 Å². The minimum atomic E-state index is -0.126. The van der Waals surface area contributed by atoms with E-state index < -0.39 is 0 Å². The predicted octanol–water partition coefficient (Wildman–Crippen LogP) is 3.83. The summed E-state index contributed by atoms with van der Waals surface area (Å²) in [6, 6.07) is 9.71. The van der Waals surface area contributed by atoms with Gasteiger partial charge in [0.15, 0.2) is 11.5 Å². The highest BCUT2D eigenvalue weighted by atomic mass is 32.1. The molecule has 0 fully saturated rings. The maximum absolute atomic E-state index is 12.4. The summed E-state index contributed by atoms with van der Waals surface area (Å²) in [7, 11) is 0. The summed E-state index contributed by atoms with van der Waals surface area (Å²) in [4.78, 5) is 12.4. The Morgan fingerprint density at radius 1 is 1.11 bits per heavy atom. The van der Waals surface area contributed by atoms with Crippen LogP contribution in [0, 0.1) is 20.8 Å². The number of nitrogens with zero attached hydrogens (tertiary/aromatic N) is 4. The molecule has 28 heavy (non-hydrogen) atoms. The minimum Gasteiger partial charge on any atom is -0.360 e. The lowest BCUT2D eigenvalue weighted by atomic mass is 10.1. The van der Waals surface area contributed by atoms with E-state index in [2.05, 4.69) is 38.1 Å². The number of amides is 1. The van der Waals surface area contributed by atoms with Gasteiger partial charge in [-0.1, -0.05) is 17.7 Å². The van der Waals surface area contributed by atoms with Crippen LogP contribution in [-0.4, -0.2) is 32.3 Å². The highest BCUT2D eigenvalue weighted by molar-refractivity contribution is 7.08. The second kappa shape index (κ2) is 7.40. The summed E-state index contributed by atoms with van der Waals surface area (Å²) < 4.78 is 1.68. The van der Waals surface area contributed by atoms with Crippen LogP contribution in [0.15, 0.2) is 41.1 Å². The molecule has 0 unspecified atom stereocenters. The van der Waals surface area contributed by atoms with Crippen molar-refractivity contribution in [3.05, 3.63) is 57.8 Å². The summed E-state index contributed by atoms with van der Waals surface area (Å²) in [6.45, 7) is 6.15. The van der Waals surface area contributed by atoms with Crippen molar-refractivity contribution >= 4 is 34.4 Å². The third-order valence-electron chi connectivity index (χ3n) is 4.41. The SMILES string of the molecule is Cc1cc(C)c(NC(=O)CNc2ccc3nnc(-c4ccsc4)n3n2)c(C)c1. The zero-order valence-corrected chi connectivity index (χ0v) is 16.7. The molecule has 1 amide bonds. The van der Waals surface area contributed by atoms with E-state index in [4.69, 9.17) is 0 Å². The topological polar surface area (TPSA) is 84.2 Å². The first-order chi connectivity index (χ1) is 13.5. The van der Waals surface area contributed by atoms with Crippen molar-refractivity contribution in [3.63, 3.8) is 0 Å². The smallest absolute Gasteiger partial charge is 0.243 e. The highest BCUT2D eigenvalue weighted by Gasteiger charge is 2.12. The summed E-state index contributed by atoms with van der Waals surface area (Å²) in [5.41, 5.74) is 5.76. The van der Waals surface area contributed by atoms with Gasteiger partial charge in [0.25, 0.3) is 0 Å². The fourth-order valence-corrected chi connectivity index (χ4v) is 3.82. The molecule has 4 rings (SSSR count). The first-order valence-electron chi connectivity index (χ1n) is 8.88. The van der Waals surface area contributed by atoms with Gasteiger partial charge in [-0.3, -0.25) is 4.79 Å². The van der Waals surface area contributed by atoms with Gasteiger partial charge in [-0.2, -0.15) is 15.9 Å². The Labute approximate surface area is 166 Å². The number of benzene rings is 1. The minimum absolute atomic E-state index is 0.112. The van der Waals surface area contributed by atoms with Crippen molar-refractivity contribution < 1.29 is 4.79 Å². The Morgan fingerprint density at radius 2 is 1.89 bits per heavy atom.